The minimum absolute atomic E-state index is 0.0493. The van der Waals surface area contributed by atoms with Gasteiger partial charge in [-0.3, -0.25) is 14.5 Å². The standard InChI is InChI=1S/C20H29N3O2/c1-15(2)14-22-9-11-23(12-10-22)19(24)8-7-17-13-16-5-3-4-6-18(16)21-20(17)25/h3-6,15,17H,7-14H2,1-2H3,(H,21,25). The highest BCUT2D eigenvalue weighted by atomic mass is 16.2. The van der Waals surface area contributed by atoms with E-state index in [0.717, 1.165) is 44.8 Å². The molecule has 0 aromatic heterocycles. The lowest BCUT2D eigenvalue weighted by Crippen LogP contribution is -2.49. The van der Waals surface area contributed by atoms with Crippen molar-refractivity contribution in [2.24, 2.45) is 11.8 Å². The first-order chi connectivity index (χ1) is 12.0. The van der Waals surface area contributed by atoms with Crippen molar-refractivity contribution in [3.63, 3.8) is 0 Å². The number of nitrogens with one attached hydrogen (secondary N) is 1. The third kappa shape index (κ3) is 4.60. The van der Waals surface area contributed by atoms with E-state index in [1.165, 1.54) is 5.56 Å². The molecule has 1 N–H and O–H groups in total. The summed E-state index contributed by atoms with van der Waals surface area (Å²) in [6, 6.07) is 7.92. The lowest BCUT2D eigenvalue weighted by molar-refractivity contribution is -0.133. The number of para-hydroxylation sites is 1. The minimum atomic E-state index is -0.0962. The molecule has 1 unspecified atom stereocenters. The Morgan fingerprint density at radius 2 is 1.92 bits per heavy atom. The molecule has 2 aliphatic rings. The Balaban J connectivity index is 1.46. The van der Waals surface area contributed by atoms with Crippen molar-refractivity contribution < 1.29 is 9.59 Å². The van der Waals surface area contributed by atoms with E-state index < -0.39 is 0 Å². The number of benzene rings is 1. The number of carbonyl (C=O) groups excluding carboxylic acids is 2. The molecule has 1 aromatic carbocycles. The lowest BCUT2D eigenvalue weighted by atomic mass is 9.89. The fourth-order valence-corrected chi connectivity index (χ4v) is 3.80. The molecule has 2 heterocycles. The monoisotopic (exact) mass is 343 g/mol. The number of amides is 2. The van der Waals surface area contributed by atoms with Gasteiger partial charge in [-0.25, -0.2) is 0 Å². The molecule has 0 bridgehead atoms. The fourth-order valence-electron chi connectivity index (χ4n) is 3.80. The Bertz CT molecular complexity index is 621. The normalized spacial score (nSPS) is 21.2. The number of rotatable bonds is 5. The summed E-state index contributed by atoms with van der Waals surface area (Å²) in [6.45, 7) is 9.10. The van der Waals surface area contributed by atoms with E-state index in [0.29, 0.717) is 18.8 Å². The Hall–Kier alpha value is -1.88. The van der Waals surface area contributed by atoms with Crippen LogP contribution >= 0.6 is 0 Å². The first-order valence-electron chi connectivity index (χ1n) is 9.42. The number of nitrogens with zero attached hydrogens (tertiary/aromatic N) is 2. The maximum Gasteiger partial charge on any atom is 0.227 e. The molecule has 2 amide bonds. The Kier molecular flexibility index (Phi) is 5.74. The molecular formula is C20H29N3O2. The number of hydrogen-bond acceptors (Lipinski definition) is 3. The van der Waals surface area contributed by atoms with Crippen LogP contribution in [0.5, 0.6) is 0 Å². The molecule has 1 aromatic rings. The molecule has 1 fully saturated rings. The topological polar surface area (TPSA) is 52.6 Å². The van der Waals surface area contributed by atoms with Crippen LogP contribution in [0.25, 0.3) is 0 Å². The summed E-state index contributed by atoms with van der Waals surface area (Å²) in [5.74, 6) is 0.806. The highest BCUT2D eigenvalue weighted by Crippen LogP contribution is 2.27. The van der Waals surface area contributed by atoms with Crippen LogP contribution in [0.3, 0.4) is 0 Å². The summed E-state index contributed by atoms with van der Waals surface area (Å²) in [7, 11) is 0. The van der Waals surface area contributed by atoms with Gasteiger partial charge in [0.2, 0.25) is 11.8 Å². The van der Waals surface area contributed by atoms with E-state index in [4.69, 9.17) is 0 Å². The predicted molar refractivity (Wildman–Crippen MR) is 99.4 cm³/mol. The Morgan fingerprint density at radius 3 is 2.64 bits per heavy atom. The molecule has 1 saturated heterocycles. The smallest absolute Gasteiger partial charge is 0.227 e. The van der Waals surface area contributed by atoms with Crippen LogP contribution < -0.4 is 5.32 Å². The zero-order chi connectivity index (χ0) is 17.8. The fraction of sp³-hybridized carbons (Fsp3) is 0.600. The van der Waals surface area contributed by atoms with Crippen molar-refractivity contribution in [2.75, 3.05) is 38.0 Å². The van der Waals surface area contributed by atoms with Gasteiger partial charge in [0.15, 0.2) is 0 Å². The van der Waals surface area contributed by atoms with Gasteiger partial charge in [-0.1, -0.05) is 32.0 Å². The first-order valence-corrected chi connectivity index (χ1v) is 9.42. The summed E-state index contributed by atoms with van der Waals surface area (Å²) >= 11 is 0. The van der Waals surface area contributed by atoms with Gasteiger partial charge in [-0.15, -0.1) is 0 Å². The van der Waals surface area contributed by atoms with Gasteiger partial charge in [-0.05, 0) is 30.4 Å². The van der Waals surface area contributed by atoms with Crippen molar-refractivity contribution in [2.45, 2.75) is 33.1 Å². The lowest BCUT2D eigenvalue weighted by Gasteiger charge is -2.35. The molecule has 5 nitrogen and oxygen atoms in total. The van der Waals surface area contributed by atoms with Gasteiger partial charge in [0.25, 0.3) is 0 Å². The van der Waals surface area contributed by atoms with Crippen molar-refractivity contribution in [1.82, 2.24) is 9.80 Å². The van der Waals surface area contributed by atoms with E-state index in [2.05, 4.69) is 30.1 Å². The first kappa shape index (κ1) is 17.9. The van der Waals surface area contributed by atoms with Gasteiger partial charge in [0, 0.05) is 50.7 Å². The van der Waals surface area contributed by atoms with E-state index in [1.807, 2.05) is 23.1 Å². The summed E-state index contributed by atoms with van der Waals surface area (Å²) in [4.78, 5) is 29.1. The molecule has 0 spiro atoms. The van der Waals surface area contributed by atoms with Crippen LogP contribution in [0.1, 0.15) is 32.3 Å². The van der Waals surface area contributed by atoms with Crippen LogP contribution in [0.4, 0.5) is 5.69 Å². The van der Waals surface area contributed by atoms with Crippen LogP contribution in [0.2, 0.25) is 0 Å². The van der Waals surface area contributed by atoms with E-state index in [9.17, 15) is 9.59 Å². The molecule has 1 atom stereocenters. The maximum absolute atomic E-state index is 12.5. The Labute approximate surface area is 150 Å². The van der Waals surface area contributed by atoms with Crippen molar-refractivity contribution >= 4 is 17.5 Å². The second kappa shape index (κ2) is 8.00. The third-order valence-corrected chi connectivity index (χ3v) is 5.17. The molecular weight excluding hydrogens is 314 g/mol. The summed E-state index contributed by atoms with van der Waals surface area (Å²) < 4.78 is 0. The quantitative estimate of drug-likeness (QED) is 0.893. The van der Waals surface area contributed by atoms with E-state index in [1.54, 1.807) is 0 Å². The van der Waals surface area contributed by atoms with Crippen LogP contribution in [0, 0.1) is 11.8 Å². The second-order valence-corrected chi connectivity index (χ2v) is 7.66. The highest BCUT2D eigenvalue weighted by molar-refractivity contribution is 5.96. The molecule has 0 saturated carbocycles. The SMILES string of the molecule is CC(C)CN1CCN(C(=O)CCC2Cc3ccccc3NC2=O)CC1. The average molecular weight is 343 g/mol. The second-order valence-electron chi connectivity index (χ2n) is 7.66. The molecule has 5 heteroatoms. The van der Waals surface area contributed by atoms with Crippen molar-refractivity contribution in [3.05, 3.63) is 29.8 Å². The zero-order valence-corrected chi connectivity index (χ0v) is 15.3. The van der Waals surface area contributed by atoms with Gasteiger partial charge in [0.05, 0.1) is 0 Å². The Morgan fingerprint density at radius 1 is 1.20 bits per heavy atom. The summed E-state index contributed by atoms with van der Waals surface area (Å²) in [5, 5.41) is 2.97. The van der Waals surface area contributed by atoms with Gasteiger partial charge >= 0.3 is 0 Å². The summed E-state index contributed by atoms with van der Waals surface area (Å²) in [6.07, 6.45) is 1.83. The molecule has 25 heavy (non-hydrogen) atoms. The van der Waals surface area contributed by atoms with Gasteiger partial charge < -0.3 is 10.2 Å². The maximum atomic E-state index is 12.5. The third-order valence-electron chi connectivity index (χ3n) is 5.17. The molecule has 136 valence electrons. The van der Waals surface area contributed by atoms with Crippen LogP contribution in [-0.4, -0.2) is 54.3 Å². The number of hydrogen-bond donors (Lipinski definition) is 1. The van der Waals surface area contributed by atoms with Crippen LogP contribution in [0.15, 0.2) is 24.3 Å². The number of piperazine rings is 1. The predicted octanol–water partition coefficient (Wildman–Crippen LogP) is 2.38. The zero-order valence-electron chi connectivity index (χ0n) is 15.3. The highest BCUT2D eigenvalue weighted by Gasteiger charge is 2.28. The number of carbonyl (C=O) groups is 2. The van der Waals surface area contributed by atoms with Gasteiger partial charge in [0.1, 0.15) is 0 Å². The molecule has 3 rings (SSSR count). The van der Waals surface area contributed by atoms with E-state index >= 15 is 0 Å². The van der Waals surface area contributed by atoms with E-state index in [-0.39, 0.29) is 17.7 Å². The molecule has 2 aliphatic heterocycles. The molecule has 0 aliphatic carbocycles. The minimum Gasteiger partial charge on any atom is -0.340 e. The largest absolute Gasteiger partial charge is 0.340 e. The van der Waals surface area contributed by atoms with Crippen LogP contribution in [-0.2, 0) is 16.0 Å². The van der Waals surface area contributed by atoms with Crippen molar-refractivity contribution in [3.8, 4) is 0 Å². The summed E-state index contributed by atoms with van der Waals surface area (Å²) in [5.41, 5.74) is 2.08. The van der Waals surface area contributed by atoms with Crippen molar-refractivity contribution in [1.29, 1.82) is 0 Å². The average Bonchev–Trinajstić information content (AvgIpc) is 2.59. The number of anilines is 1. The molecule has 0 radical (unpaired) electrons. The number of fused-ring (bicyclic) bond motifs is 1. The van der Waals surface area contributed by atoms with Gasteiger partial charge in [-0.2, -0.15) is 0 Å².